The van der Waals surface area contributed by atoms with Crippen LogP contribution in [0.3, 0.4) is 0 Å². The van der Waals surface area contributed by atoms with Crippen LogP contribution in [0.2, 0.25) is 0 Å². The molecule has 1 heterocycles. The number of nitrogens with one attached hydrogen (secondary N) is 2. The lowest BCUT2D eigenvalue weighted by molar-refractivity contribution is -0.115. The Morgan fingerprint density at radius 3 is 2.48 bits per heavy atom. The standard InChI is InChI=1S/C15H16F2N2OS/c1-9-6-11(21-10(9)2)7-18-8-14(20)19-15-12(16)4-3-5-13(15)17/h3-6,18H,7-8H2,1-2H3,(H,19,20). The van der Waals surface area contributed by atoms with E-state index in [9.17, 15) is 13.6 Å². The van der Waals surface area contributed by atoms with Gasteiger partial charge < -0.3 is 10.6 Å². The normalized spacial score (nSPS) is 10.7. The van der Waals surface area contributed by atoms with Crippen LogP contribution in [0.25, 0.3) is 0 Å². The monoisotopic (exact) mass is 310 g/mol. The van der Waals surface area contributed by atoms with Crippen LogP contribution in [-0.2, 0) is 11.3 Å². The lowest BCUT2D eigenvalue weighted by Gasteiger charge is -2.08. The third kappa shape index (κ3) is 4.09. The van der Waals surface area contributed by atoms with Crippen LogP contribution in [0.4, 0.5) is 14.5 Å². The van der Waals surface area contributed by atoms with Crippen LogP contribution < -0.4 is 10.6 Å². The van der Waals surface area contributed by atoms with E-state index in [1.807, 2.05) is 13.8 Å². The van der Waals surface area contributed by atoms with Gasteiger partial charge in [-0.25, -0.2) is 8.78 Å². The molecule has 0 saturated heterocycles. The summed E-state index contributed by atoms with van der Waals surface area (Å²) < 4.78 is 26.7. The summed E-state index contributed by atoms with van der Waals surface area (Å²) in [6.45, 7) is 4.61. The highest BCUT2D eigenvalue weighted by atomic mass is 32.1. The summed E-state index contributed by atoms with van der Waals surface area (Å²) in [5, 5.41) is 5.19. The van der Waals surface area contributed by atoms with Gasteiger partial charge in [0.1, 0.15) is 17.3 Å². The van der Waals surface area contributed by atoms with E-state index in [1.54, 1.807) is 11.3 Å². The van der Waals surface area contributed by atoms with Gasteiger partial charge >= 0.3 is 0 Å². The molecule has 1 amide bonds. The van der Waals surface area contributed by atoms with E-state index in [0.717, 1.165) is 17.0 Å². The second kappa shape index (κ2) is 6.78. The van der Waals surface area contributed by atoms with E-state index in [-0.39, 0.29) is 6.54 Å². The molecule has 0 aliphatic carbocycles. The number of thiophene rings is 1. The first-order valence-corrected chi connectivity index (χ1v) is 7.29. The molecule has 2 aromatic rings. The highest BCUT2D eigenvalue weighted by Crippen LogP contribution is 2.20. The van der Waals surface area contributed by atoms with Gasteiger partial charge in [0, 0.05) is 16.3 Å². The maximum atomic E-state index is 13.4. The van der Waals surface area contributed by atoms with Gasteiger partial charge in [-0.2, -0.15) is 0 Å². The minimum Gasteiger partial charge on any atom is -0.320 e. The van der Waals surface area contributed by atoms with Crippen LogP contribution in [0, 0.1) is 25.5 Å². The molecule has 0 bridgehead atoms. The number of halogens is 2. The van der Waals surface area contributed by atoms with Crippen LogP contribution in [0.5, 0.6) is 0 Å². The van der Waals surface area contributed by atoms with Gasteiger partial charge in [-0.05, 0) is 37.6 Å². The Labute approximate surface area is 126 Å². The molecule has 0 spiro atoms. The number of para-hydroxylation sites is 1. The fraction of sp³-hybridized carbons (Fsp3) is 0.267. The zero-order chi connectivity index (χ0) is 15.4. The molecular formula is C15H16F2N2OS. The Kier molecular flexibility index (Phi) is 5.03. The summed E-state index contributed by atoms with van der Waals surface area (Å²) in [5.74, 6) is -2.05. The molecule has 1 aromatic heterocycles. The number of carbonyl (C=O) groups is 1. The fourth-order valence-corrected chi connectivity index (χ4v) is 2.86. The van der Waals surface area contributed by atoms with E-state index >= 15 is 0 Å². The van der Waals surface area contributed by atoms with Crippen molar-refractivity contribution in [3.05, 3.63) is 51.2 Å². The third-order valence-electron chi connectivity index (χ3n) is 3.03. The Balaban J connectivity index is 1.85. The summed E-state index contributed by atoms with van der Waals surface area (Å²) in [6, 6.07) is 5.51. The van der Waals surface area contributed by atoms with Gasteiger partial charge in [0.2, 0.25) is 5.91 Å². The molecule has 112 valence electrons. The van der Waals surface area contributed by atoms with Crippen LogP contribution >= 0.6 is 11.3 Å². The fourth-order valence-electron chi connectivity index (χ4n) is 1.84. The second-order valence-electron chi connectivity index (χ2n) is 4.70. The highest BCUT2D eigenvalue weighted by molar-refractivity contribution is 7.12. The van der Waals surface area contributed by atoms with Crippen LogP contribution in [0.1, 0.15) is 15.3 Å². The lowest BCUT2D eigenvalue weighted by atomic mass is 10.3. The van der Waals surface area contributed by atoms with Crippen LogP contribution in [0.15, 0.2) is 24.3 Å². The molecule has 1 aromatic carbocycles. The number of hydrogen-bond donors (Lipinski definition) is 2. The number of anilines is 1. The van der Waals surface area contributed by atoms with Crippen molar-refractivity contribution in [2.75, 3.05) is 11.9 Å². The van der Waals surface area contributed by atoms with E-state index in [0.29, 0.717) is 6.54 Å². The molecule has 0 aliphatic heterocycles. The largest absolute Gasteiger partial charge is 0.320 e. The first-order chi connectivity index (χ1) is 9.97. The predicted octanol–water partition coefficient (Wildman–Crippen LogP) is 3.37. The van der Waals surface area contributed by atoms with Crippen LogP contribution in [-0.4, -0.2) is 12.5 Å². The molecule has 2 rings (SSSR count). The molecule has 0 radical (unpaired) electrons. The van der Waals surface area contributed by atoms with Crippen molar-refractivity contribution in [2.45, 2.75) is 20.4 Å². The van der Waals surface area contributed by atoms with Gasteiger partial charge in [0.05, 0.1) is 6.54 Å². The van der Waals surface area contributed by atoms with Crippen molar-refractivity contribution in [1.82, 2.24) is 5.32 Å². The molecule has 0 aliphatic rings. The van der Waals surface area contributed by atoms with Gasteiger partial charge in [-0.3, -0.25) is 4.79 Å². The number of hydrogen-bond acceptors (Lipinski definition) is 3. The number of amides is 1. The summed E-state index contributed by atoms with van der Waals surface area (Å²) in [5.41, 5.74) is 0.807. The molecule has 3 nitrogen and oxygen atoms in total. The topological polar surface area (TPSA) is 41.1 Å². The Morgan fingerprint density at radius 2 is 1.90 bits per heavy atom. The van der Waals surface area contributed by atoms with E-state index in [2.05, 4.69) is 16.7 Å². The molecule has 0 unspecified atom stereocenters. The number of aryl methyl sites for hydroxylation is 2. The Bertz CT molecular complexity index is 615. The zero-order valence-electron chi connectivity index (χ0n) is 11.8. The summed E-state index contributed by atoms with van der Waals surface area (Å²) in [7, 11) is 0. The van der Waals surface area contributed by atoms with Crippen molar-refractivity contribution in [3.8, 4) is 0 Å². The minimum absolute atomic E-state index is 0.0101. The van der Waals surface area contributed by atoms with Gasteiger partial charge in [0.25, 0.3) is 0 Å². The zero-order valence-corrected chi connectivity index (χ0v) is 12.6. The maximum absolute atomic E-state index is 13.4. The highest BCUT2D eigenvalue weighted by Gasteiger charge is 2.11. The average molecular weight is 310 g/mol. The van der Waals surface area contributed by atoms with Crippen molar-refractivity contribution in [3.63, 3.8) is 0 Å². The first kappa shape index (κ1) is 15.6. The van der Waals surface area contributed by atoms with Crippen molar-refractivity contribution in [2.24, 2.45) is 0 Å². The lowest BCUT2D eigenvalue weighted by Crippen LogP contribution is -2.28. The second-order valence-corrected chi connectivity index (χ2v) is 6.04. The van der Waals surface area contributed by atoms with Gasteiger partial charge in [0.15, 0.2) is 0 Å². The van der Waals surface area contributed by atoms with E-state index < -0.39 is 23.2 Å². The van der Waals surface area contributed by atoms with Gasteiger partial charge in [-0.15, -0.1) is 11.3 Å². The molecule has 0 fully saturated rings. The number of rotatable bonds is 5. The first-order valence-electron chi connectivity index (χ1n) is 6.48. The van der Waals surface area contributed by atoms with E-state index in [4.69, 9.17) is 0 Å². The summed E-state index contributed by atoms with van der Waals surface area (Å²) in [4.78, 5) is 14.0. The molecular weight excluding hydrogens is 294 g/mol. The summed E-state index contributed by atoms with van der Waals surface area (Å²) >= 11 is 1.66. The van der Waals surface area contributed by atoms with Crippen molar-refractivity contribution >= 4 is 22.9 Å². The Hall–Kier alpha value is -1.79. The van der Waals surface area contributed by atoms with Gasteiger partial charge in [-0.1, -0.05) is 6.07 Å². The minimum atomic E-state index is -0.784. The van der Waals surface area contributed by atoms with Crippen molar-refractivity contribution < 1.29 is 13.6 Å². The van der Waals surface area contributed by atoms with E-state index in [1.165, 1.54) is 16.5 Å². The SMILES string of the molecule is Cc1cc(CNCC(=O)Nc2c(F)cccc2F)sc1C. The molecule has 21 heavy (non-hydrogen) atoms. The smallest absolute Gasteiger partial charge is 0.238 e. The molecule has 0 atom stereocenters. The number of carbonyl (C=O) groups excluding carboxylic acids is 1. The average Bonchev–Trinajstić information content (AvgIpc) is 2.73. The van der Waals surface area contributed by atoms with Crippen molar-refractivity contribution in [1.29, 1.82) is 0 Å². The number of benzene rings is 1. The summed E-state index contributed by atoms with van der Waals surface area (Å²) in [6.07, 6.45) is 0. The predicted molar refractivity (Wildman–Crippen MR) is 80.5 cm³/mol. The molecule has 2 N–H and O–H groups in total. The Morgan fingerprint density at radius 1 is 1.24 bits per heavy atom. The maximum Gasteiger partial charge on any atom is 0.238 e. The quantitative estimate of drug-likeness (QED) is 0.889. The molecule has 6 heteroatoms. The molecule has 0 saturated carbocycles. The third-order valence-corrected chi connectivity index (χ3v) is 4.18.